The molecule has 1 aliphatic rings. The number of piperazine rings is 1. The maximum atomic E-state index is 12.1. The highest BCUT2D eigenvalue weighted by atomic mass is 35.5. The van der Waals surface area contributed by atoms with Gasteiger partial charge in [-0.15, -0.1) is 12.4 Å². The lowest BCUT2D eigenvalue weighted by Gasteiger charge is -2.31. The van der Waals surface area contributed by atoms with Gasteiger partial charge in [-0.1, -0.05) is 5.16 Å². The molecular formula is C12H20ClN3O2. The lowest BCUT2D eigenvalue weighted by Crippen LogP contribution is -2.51. The molecule has 0 unspecified atom stereocenters. The van der Waals surface area contributed by atoms with Crippen LogP contribution in [0.3, 0.4) is 0 Å². The van der Waals surface area contributed by atoms with E-state index in [4.69, 9.17) is 4.52 Å². The molecule has 1 fully saturated rings. The van der Waals surface area contributed by atoms with E-state index in [9.17, 15) is 4.79 Å². The van der Waals surface area contributed by atoms with Gasteiger partial charge in [0.25, 0.3) is 0 Å². The van der Waals surface area contributed by atoms with Gasteiger partial charge in [-0.2, -0.15) is 0 Å². The van der Waals surface area contributed by atoms with Crippen LogP contribution in [-0.2, 0) is 11.2 Å². The Morgan fingerprint density at radius 1 is 1.56 bits per heavy atom. The Kier molecular flexibility index (Phi) is 5.16. The number of hydrogen-bond donors (Lipinski definition) is 1. The van der Waals surface area contributed by atoms with E-state index in [2.05, 4.69) is 17.4 Å². The summed E-state index contributed by atoms with van der Waals surface area (Å²) in [6.45, 7) is 8.25. The van der Waals surface area contributed by atoms with Crippen LogP contribution >= 0.6 is 12.4 Å². The molecule has 0 bridgehead atoms. The van der Waals surface area contributed by atoms with Crippen molar-refractivity contribution in [3.8, 4) is 0 Å². The highest BCUT2D eigenvalue weighted by Gasteiger charge is 2.22. The molecule has 0 aliphatic carbocycles. The molecule has 0 radical (unpaired) electrons. The summed E-state index contributed by atoms with van der Waals surface area (Å²) in [6.07, 6.45) is 0.397. The molecule has 2 rings (SSSR count). The number of rotatable bonds is 2. The van der Waals surface area contributed by atoms with E-state index in [0.717, 1.165) is 36.7 Å². The van der Waals surface area contributed by atoms with Gasteiger partial charge in [0.15, 0.2) is 0 Å². The minimum atomic E-state index is 0. The van der Waals surface area contributed by atoms with Gasteiger partial charge in [-0.25, -0.2) is 0 Å². The Bertz CT molecular complexity index is 400. The number of nitrogens with zero attached hydrogens (tertiary/aromatic N) is 2. The van der Waals surface area contributed by atoms with Crippen molar-refractivity contribution in [1.82, 2.24) is 15.4 Å². The average Bonchev–Trinajstić information content (AvgIpc) is 2.61. The fourth-order valence-electron chi connectivity index (χ4n) is 2.18. The average molecular weight is 274 g/mol. The first-order chi connectivity index (χ1) is 8.08. The Labute approximate surface area is 113 Å². The fraction of sp³-hybridized carbons (Fsp3) is 0.667. The monoisotopic (exact) mass is 273 g/mol. The molecule has 1 N–H and O–H groups in total. The molecule has 1 aliphatic heterocycles. The SMILES string of the molecule is Cc1noc(C)c1CC(=O)N1CCN[C@H](C)C1.Cl. The lowest BCUT2D eigenvalue weighted by atomic mass is 10.1. The number of aryl methyl sites for hydroxylation is 2. The summed E-state index contributed by atoms with van der Waals surface area (Å²) in [6, 6.07) is 0.373. The van der Waals surface area contributed by atoms with Crippen molar-refractivity contribution in [3.05, 3.63) is 17.0 Å². The van der Waals surface area contributed by atoms with Gasteiger partial charge in [-0.05, 0) is 20.8 Å². The Hall–Kier alpha value is -1.07. The molecule has 1 aromatic rings. The van der Waals surface area contributed by atoms with Gasteiger partial charge in [0, 0.05) is 31.2 Å². The van der Waals surface area contributed by atoms with Crippen LogP contribution in [0.1, 0.15) is 23.9 Å². The minimum Gasteiger partial charge on any atom is -0.361 e. The number of amides is 1. The molecule has 6 heteroatoms. The molecule has 0 aromatic carbocycles. The largest absolute Gasteiger partial charge is 0.361 e. The Balaban J connectivity index is 0.00000162. The maximum absolute atomic E-state index is 12.1. The van der Waals surface area contributed by atoms with E-state index in [1.807, 2.05) is 18.7 Å². The zero-order chi connectivity index (χ0) is 12.4. The fourth-order valence-corrected chi connectivity index (χ4v) is 2.18. The van der Waals surface area contributed by atoms with Gasteiger partial charge < -0.3 is 14.7 Å². The van der Waals surface area contributed by atoms with Crippen molar-refractivity contribution >= 4 is 18.3 Å². The topological polar surface area (TPSA) is 58.4 Å². The number of halogens is 1. The number of aromatic nitrogens is 1. The summed E-state index contributed by atoms with van der Waals surface area (Å²) < 4.78 is 5.07. The summed E-state index contributed by atoms with van der Waals surface area (Å²) in [5.41, 5.74) is 1.75. The molecule has 1 amide bonds. The second kappa shape index (κ2) is 6.20. The molecule has 5 nitrogen and oxygen atoms in total. The first-order valence-corrected chi connectivity index (χ1v) is 6.01. The second-order valence-corrected chi connectivity index (χ2v) is 4.67. The number of carbonyl (C=O) groups is 1. The molecule has 0 spiro atoms. The number of hydrogen-bond acceptors (Lipinski definition) is 4. The van der Waals surface area contributed by atoms with Crippen LogP contribution in [0.2, 0.25) is 0 Å². The van der Waals surface area contributed by atoms with Crippen LogP contribution in [0.15, 0.2) is 4.52 Å². The van der Waals surface area contributed by atoms with Crippen LogP contribution in [0.4, 0.5) is 0 Å². The summed E-state index contributed by atoms with van der Waals surface area (Å²) in [5, 5.41) is 7.19. The maximum Gasteiger partial charge on any atom is 0.227 e. The van der Waals surface area contributed by atoms with Gasteiger partial charge in [-0.3, -0.25) is 4.79 Å². The molecule has 0 saturated carbocycles. The van der Waals surface area contributed by atoms with Crippen molar-refractivity contribution in [1.29, 1.82) is 0 Å². The Morgan fingerprint density at radius 3 is 2.83 bits per heavy atom. The number of nitrogens with one attached hydrogen (secondary N) is 1. The van der Waals surface area contributed by atoms with Crippen LogP contribution in [0.5, 0.6) is 0 Å². The van der Waals surface area contributed by atoms with Gasteiger partial charge in [0.05, 0.1) is 12.1 Å². The first kappa shape index (κ1) is 15.0. The lowest BCUT2D eigenvalue weighted by molar-refractivity contribution is -0.131. The first-order valence-electron chi connectivity index (χ1n) is 6.01. The van der Waals surface area contributed by atoms with E-state index >= 15 is 0 Å². The quantitative estimate of drug-likeness (QED) is 0.876. The van der Waals surface area contributed by atoms with E-state index in [-0.39, 0.29) is 18.3 Å². The van der Waals surface area contributed by atoms with E-state index in [0.29, 0.717) is 12.5 Å². The van der Waals surface area contributed by atoms with Gasteiger partial charge in [0.1, 0.15) is 5.76 Å². The summed E-state index contributed by atoms with van der Waals surface area (Å²) >= 11 is 0. The predicted molar refractivity (Wildman–Crippen MR) is 71.0 cm³/mol. The summed E-state index contributed by atoms with van der Waals surface area (Å²) in [7, 11) is 0. The van der Waals surface area contributed by atoms with Crippen LogP contribution in [0, 0.1) is 13.8 Å². The van der Waals surface area contributed by atoms with E-state index < -0.39 is 0 Å². The molecular weight excluding hydrogens is 254 g/mol. The summed E-state index contributed by atoms with van der Waals surface area (Å²) in [5.74, 6) is 0.909. The third kappa shape index (κ3) is 3.23. The van der Waals surface area contributed by atoms with Crippen molar-refractivity contribution in [2.45, 2.75) is 33.2 Å². The van der Waals surface area contributed by atoms with E-state index in [1.54, 1.807) is 0 Å². The highest BCUT2D eigenvalue weighted by molar-refractivity contribution is 5.85. The normalized spacial score (nSPS) is 19.5. The highest BCUT2D eigenvalue weighted by Crippen LogP contribution is 2.14. The van der Waals surface area contributed by atoms with Crippen molar-refractivity contribution in [3.63, 3.8) is 0 Å². The van der Waals surface area contributed by atoms with Crippen LogP contribution < -0.4 is 5.32 Å². The zero-order valence-corrected chi connectivity index (χ0v) is 11.8. The summed E-state index contributed by atoms with van der Waals surface area (Å²) in [4.78, 5) is 14.1. The van der Waals surface area contributed by atoms with Gasteiger partial charge >= 0.3 is 0 Å². The Morgan fingerprint density at radius 2 is 2.28 bits per heavy atom. The molecule has 102 valence electrons. The molecule has 1 saturated heterocycles. The third-order valence-corrected chi connectivity index (χ3v) is 3.23. The molecule has 18 heavy (non-hydrogen) atoms. The van der Waals surface area contributed by atoms with Crippen molar-refractivity contribution in [2.24, 2.45) is 0 Å². The predicted octanol–water partition coefficient (Wildman–Crippen LogP) is 1.08. The smallest absolute Gasteiger partial charge is 0.227 e. The van der Waals surface area contributed by atoms with Gasteiger partial charge in [0.2, 0.25) is 5.91 Å². The van der Waals surface area contributed by atoms with Crippen LogP contribution in [-0.4, -0.2) is 41.6 Å². The molecule has 2 heterocycles. The minimum absolute atomic E-state index is 0. The molecule has 1 atom stereocenters. The standard InChI is InChI=1S/C12H19N3O2.ClH/c1-8-7-15(5-4-13-8)12(16)6-11-9(2)14-17-10(11)3;/h8,13H,4-7H2,1-3H3;1H/t8-;/m1./s1. The number of carbonyl (C=O) groups excluding carboxylic acids is 1. The second-order valence-electron chi connectivity index (χ2n) is 4.67. The third-order valence-electron chi connectivity index (χ3n) is 3.23. The van der Waals surface area contributed by atoms with Crippen molar-refractivity contribution < 1.29 is 9.32 Å². The van der Waals surface area contributed by atoms with Crippen molar-refractivity contribution in [2.75, 3.05) is 19.6 Å². The van der Waals surface area contributed by atoms with Crippen LogP contribution in [0.25, 0.3) is 0 Å². The molecule has 1 aromatic heterocycles. The zero-order valence-electron chi connectivity index (χ0n) is 11.0. The van der Waals surface area contributed by atoms with E-state index in [1.165, 1.54) is 0 Å².